The fourth-order valence-electron chi connectivity index (χ4n) is 4.43. The number of carbonyl (C=O) groups is 1. The van der Waals surface area contributed by atoms with Crippen molar-refractivity contribution in [2.24, 2.45) is 0 Å². The van der Waals surface area contributed by atoms with Gasteiger partial charge in [0.25, 0.3) is 0 Å². The smallest absolute Gasteiger partial charge is 0.343 e. The first-order valence-electron chi connectivity index (χ1n) is 11.0. The summed E-state index contributed by atoms with van der Waals surface area (Å²) in [4.78, 5) is 28.1. The first kappa shape index (κ1) is 23.2. The number of alkyl halides is 3. The van der Waals surface area contributed by atoms with Crippen LogP contribution in [0.4, 0.5) is 35.1 Å². The number of aromatic nitrogens is 3. The Balaban J connectivity index is 1.69. The van der Waals surface area contributed by atoms with E-state index < -0.39 is 17.6 Å². The topological polar surface area (TPSA) is 74.2 Å². The van der Waals surface area contributed by atoms with Gasteiger partial charge in [-0.3, -0.25) is 4.79 Å². The third-order valence-electron chi connectivity index (χ3n) is 6.34. The Hall–Kier alpha value is -2.98. The first-order valence-corrected chi connectivity index (χ1v) is 11.0. The monoisotopic (exact) mass is 466 g/mol. The third kappa shape index (κ3) is 5.01. The van der Waals surface area contributed by atoms with Gasteiger partial charge in [-0.05, 0) is 44.7 Å². The third-order valence-corrected chi connectivity index (χ3v) is 6.34. The van der Waals surface area contributed by atoms with E-state index in [1.807, 2.05) is 11.8 Å². The quantitative estimate of drug-likeness (QED) is 0.670. The molecule has 2 aliphatic rings. The number of anilines is 3. The summed E-state index contributed by atoms with van der Waals surface area (Å²) >= 11 is 0. The van der Waals surface area contributed by atoms with Gasteiger partial charge in [-0.2, -0.15) is 18.2 Å². The molecule has 1 unspecified atom stereocenters. The number of rotatable bonds is 4. The van der Waals surface area contributed by atoms with Crippen LogP contribution in [0.1, 0.15) is 56.7 Å². The molecule has 33 heavy (non-hydrogen) atoms. The molecule has 4 heterocycles. The SMILES string of the molecule is CC(=O)N1CCC(c2nc(N3CCCC3C)nc(Nc3cc(C(F)(F)F)ccn3)c2F)CC1. The summed E-state index contributed by atoms with van der Waals surface area (Å²) in [5.41, 5.74) is -0.670. The minimum atomic E-state index is -4.55. The number of amides is 1. The van der Waals surface area contributed by atoms with Crippen molar-refractivity contribution in [1.82, 2.24) is 19.9 Å². The van der Waals surface area contributed by atoms with Gasteiger partial charge >= 0.3 is 6.18 Å². The largest absolute Gasteiger partial charge is 0.416 e. The molecule has 1 amide bonds. The molecule has 2 aromatic rings. The summed E-state index contributed by atoms with van der Waals surface area (Å²) in [6, 6.07) is 1.85. The number of nitrogens with one attached hydrogen (secondary N) is 1. The van der Waals surface area contributed by atoms with Crippen molar-refractivity contribution in [3.63, 3.8) is 0 Å². The van der Waals surface area contributed by atoms with Crippen LogP contribution < -0.4 is 10.2 Å². The van der Waals surface area contributed by atoms with Crippen LogP contribution in [0.2, 0.25) is 0 Å². The van der Waals surface area contributed by atoms with E-state index in [0.717, 1.165) is 37.7 Å². The van der Waals surface area contributed by atoms with Crippen LogP contribution in [0.25, 0.3) is 0 Å². The molecule has 0 bridgehead atoms. The van der Waals surface area contributed by atoms with Crippen LogP contribution in [0, 0.1) is 5.82 Å². The van der Waals surface area contributed by atoms with Gasteiger partial charge in [-0.25, -0.2) is 14.4 Å². The lowest BCUT2D eigenvalue weighted by molar-refractivity contribution is -0.137. The summed E-state index contributed by atoms with van der Waals surface area (Å²) in [7, 11) is 0. The second kappa shape index (κ2) is 9.11. The molecule has 2 aromatic heterocycles. The Kier molecular flexibility index (Phi) is 6.40. The molecular weight excluding hydrogens is 440 g/mol. The molecule has 0 aliphatic carbocycles. The van der Waals surface area contributed by atoms with Crippen LogP contribution in [0.5, 0.6) is 0 Å². The summed E-state index contributed by atoms with van der Waals surface area (Å²) in [5, 5.41) is 2.64. The lowest BCUT2D eigenvalue weighted by Gasteiger charge is -2.32. The molecule has 0 saturated carbocycles. The van der Waals surface area contributed by atoms with Crippen molar-refractivity contribution >= 4 is 23.5 Å². The van der Waals surface area contributed by atoms with Gasteiger partial charge in [0.2, 0.25) is 11.9 Å². The molecule has 4 rings (SSSR count). The summed E-state index contributed by atoms with van der Waals surface area (Å²) in [6.07, 6.45) is -0.535. The number of pyridine rings is 1. The van der Waals surface area contributed by atoms with E-state index in [1.165, 1.54) is 6.92 Å². The van der Waals surface area contributed by atoms with E-state index >= 15 is 4.39 Å². The molecule has 0 radical (unpaired) electrons. The fourth-order valence-corrected chi connectivity index (χ4v) is 4.43. The first-order chi connectivity index (χ1) is 15.6. The average Bonchev–Trinajstić information content (AvgIpc) is 3.21. The molecule has 2 saturated heterocycles. The highest BCUT2D eigenvalue weighted by molar-refractivity contribution is 5.73. The van der Waals surface area contributed by atoms with Crippen molar-refractivity contribution in [3.05, 3.63) is 35.4 Å². The molecule has 1 atom stereocenters. The van der Waals surface area contributed by atoms with Crippen LogP contribution in [0.3, 0.4) is 0 Å². The fraction of sp³-hybridized carbons (Fsp3) is 0.545. The normalized spacial score (nSPS) is 19.8. The molecule has 0 aromatic carbocycles. The summed E-state index contributed by atoms with van der Waals surface area (Å²) in [6.45, 7) is 5.25. The lowest BCUT2D eigenvalue weighted by Crippen LogP contribution is -2.37. The summed E-state index contributed by atoms with van der Waals surface area (Å²) in [5.74, 6) is -0.961. The number of piperidine rings is 1. The predicted molar refractivity (Wildman–Crippen MR) is 115 cm³/mol. The molecule has 2 aliphatic heterocycles. The van der Waals surface area contributed by atoms with Crippen LogP contribution >= 0.6 is 0 Å². The number of halogens is 4. The van der Waals surface area contributed by atoms with E-state index in [0.29, 0.717) is 31.9 Å². The Morgan fingerprint density at radius 1 is 1.15 bits per heavy atom. The van der Waals surface area contributed by atoms with Gasteiger partial charge < -0.3 is 15.1 Å². The maximum absolute atomic E-state index is 15.6. The van der Waals surface area contributed by atoms with Crippen LogP contribution in [-0.2, 0) is 11.0 Å². The van der Waals surface area contributed by atoms with E-state index in [9.17, 15) is 18.0 Å². The summed E-state index contributed by atoms with van der Waals surface area (Å²) < 4.78 is 54.9. The maximum Gasteiger partial charge on any atom is 0.416 e. The molecule has 11 heteroatoms. The lowest BCUT2D eigenvalue weighted by atomic mass is 9.92. The van der Waals surface area contributed by atoms with E-state index in [-0.39, 0.29) is 35.2 Å². The minimum absolute atomic E-state index is 0.0267. The Morgan fingerprint density at radius 3 is 2.48 bits per heavy atom. The zero-order valence-electron chi connectivity index (χ0n) is 18.5. The highest BCUT2D eigenvalue weighted by Gasteiger charge is 2.32. The standard InChI is InChI=1S/C22H26F4N6O/c1-13-4-3-9-32(13)21-29-19(15-6-10-31(11-7-15)14(2)33)18(23)20(30-21)28-17-12-16(5-8-27-17)22(24,25)26/h5,8,12-13,15H,3-4,6-7,9-11H2,1-2H3,(H,27,28,29,30). The van der Waals surface area contributed by atoms with Gasteiger partial charge in [0.05, 0.1) is 11.3 Å². The van der Waals surface area contributed by atoms with E-state index in [1.54, 1.807) is 4.90 Å². The number of hydrogen-bond donors (Lipinski definition) is 1. The highest BCUT2D eigenvalue weighted by Crippen LogP contribution is 2.35. The van der Waals surface area contributed by atoms with E-state index in [2.05, 4.69) is 20.3 Å². The molecule has 2 fully saturated rings. The van der Waals surface area contributed by atoms with Crippen molar-refractivity contribution in [3.8, 4) is 0 Å². The Morgan fingerprint density at radius 2 is 1.88 bits per heavy atom. The van der Waals surface area contributed by atoms with Crippen molar-refractivity contribution in [2.45, 2.75) is 57.7 Å². The van der Waals surface area contributed by atoms with Gasteiger partial charge in [-0.1, -0.05) is 0 Å². The molecule has 178 valence electrons. The van der Waals surface area contributed by atoms with Crippen molar-refractivity contribution in [1.29, 1.82) is 0 Å². The van der Waals surface area contributed by atoms with Gasteiger partial charge in [-0.15, -0.1) is 0 Å². The second-order valence-electron chi connectivity index (χ2n) is 8.59. The van der Waals surface area contributed by atoms with Gasteiger partial charge in [0.1, 0.15) is 5.82 Å². The average molecular weight is 466 g/mol. The molecule has 1 N–H and O–H groups in total. The van der Waals surface area contributed by atoms with E-state index in [4.69, 9.17) is 0 Å². The Labute approximate surface area is 189 Å². The number of likely N-dealkylation sites (tertiary alicyclic amines) is 1. The molecular formula is C22H26F4N6O. The van der Waals surface area contributed by atoms with Crippen molar-refractivity contribution in [2.75, 3.05) is 29.9 Å². The van der Waals surface area contributed by atoms with Gasteiger partial charge in [0.15, 0.2) is 11.6 Å². The molecule has 7 nitrogen and oxygen atoms in total. The zero-order chi connectivity index (χ0) is 23.8. The van der Waals surface area contributed by atoms with Gasteiger partial charge in [0, 0.05) is 44.7 Å². The van der Waals surface area contributed by atoms with Crippen LogP contribution in [-0.4, -0.2) is 51.4 Å². The van der Waals surface area contributed by atoms with Crippen molar-refractivity contribution < 1.29 is 22.4 Å². The molecule has 0 spiro atoms. The predicted octanol–water partition coefficient (Wildman–Crippen LogP) is 4.49. The zero-order valence-corrected chi connectivity index (χ0v) is 18.5. The number of hydrogen-bond acceptors (Lipinski definition) is 6. The highest BCUT2D eigenvalue weighted by atomic mass is 19.4. The number of nitrogens with zero attached hydrogens (tertiary/aromatic N) is 5. The number of carbonyl (C=O) groups excluding carboxylic acids is 1. The minimum Gasteiger partial charge on any atom is -0.343 e. The Bertz CT molecular complexity index is 1020. The van der Waals surface area contributed by atoms with Crippen LogP contribution in [0.15, 0.2) is 18.3 Å². The second-order valence-corrected chi connectivity index (χ2v) is 8.59. The maximum atomic E-state index is 15.6.